The van der Waals surface area contributed by atoms with Gasteiger partial charge in [0.15, 0.2) is 0 Å². The summed E-state index contributed by atoms with van der Waals surface area (Å²) in [4.78, 5) is 14.9. The zero-order chi connectivity index (χ0) is 6.27. The lowest BCUT2D eigenvalue weighted by atomic mass is 11.0. The van der Waals surface area contributed by atoms with E-state index in [0.717, 1.165) is 16.5 Å². The van der Waals surface area contributed by atoms with Crippen molar-refractivity contribution in [3.8, 4) is 0 Å². The van der Waals surface area contributed by atoms with Crippen molar-refractivity contribution in [2.45, 2.75) is 0 Å². The van der Waals surface area contributed by atoms with E-state index in [4.69, 9.17) is 0 Å². The fourth-order valence-electron chi connectivity index (χ4n) is 0.590. The number of hydrogen-bond donors (Lipinski definition) is 0. The Morgan fingerprint density at radius 3 is 3.33 bits per heavy atom. The Morgan fingerprint density at radius 1 is 1.67 bits per heavy atom. The van der Waals surface area contributed by atoms with Crippen molar-refractivity contribution in [2.75, 3.05) is 0 Å². The average Bonchev–Trinajstić information content (AvgIpc) is 2.22. The number of aromatic nitrogens is 2. The highest BCUT2D eigenvalue weighted by atomic mass is 32.1. The molecule has 0 radical (unpaired) electrons. The molecule has 0 unspecified atom stereocenters. The van der Waals surface area contributed by atoms with Gasteiger partial charge >= 0.3 is 4.87 Å². The fraction of sp³-hybridized carbons (Fsp3) is 0. The summed E-state index contributed by atoms with van der Waals surface area (Å²) in [6, 6.07) is 0. The van der Waals surface area contributed by atoms with Gasteiger partial charge in [-0.05, 0) is 0 Å². The van der Waals surface area contributed by atoms with E-state index in [1.807, 2.05) is 11.6 Å². The summed E-state index contributed by atoms with van der Waals surface area (Å²) in [7, 11) is 0. The molecule has 0 spiro atoms. The highest BCUT2D eigenvalue weighted by molar-refractivity contribution is 7.17. The zero-order valence-corrected chi connectivity index (χ0v) is 5.91. The molecule has 46 valence electrons. The Hall–Kier alpha value is -0.680. The van der Waals surface area contributed by atoms with Gasteiger partial charge < -0.3 is 0 Å². The molecule has 0 fully saturated rings. The van der Waals surface area contributed by atoms with Crippen LogP contribution in [0.1, 0.15) is 0 Å². The molecule has 0 aliphatic heterocycles. The van der Waals surface area contributed by atoms with E-state index in [2.05, 4.69) is 4.98 Å². The molecule has 2 heterocycles. The first-order valence-corrected chi connectivity index (χ1v) is 3.95. The minimum Gasteiger partial charge on any atom is -0.253 e. The number of nitrogens with zero attached hydrogens (tertiary/aromatic N) is 2. The second kappa shape index (κ2) is 1.65. The zero-order valence-electron chi connectivity index (χ0n) is 4.27. The Bertz CT molecular complexity index is 339. The molecule has 0 aliphatic carbocycles. The van der Waals surface area contributed by atoms with Crippen LogP contribution in [0.15, 0.2) is 16.4 Å². The minimum atomic E-state index is -0.123. The number of thiazole rings is 1. The summed E-state index contributed by atoms with van der Waals surface area (Å²) in [5.41, 5.74) is 0. The first-order chi connectivity index (χ1) is 4.36. The third kappa shape index (κ3) is 0.691. The fourth-order valence-corrected chi connectivity index (χ4v) is 2.11. The van der Waals surface area contributed by atoms with E-state index in [0.29, 0.717) is 0 Å². The lowest BCUT2D eigenvalue weighted by Crippen LogP contribution is -1.88. The van der Waals surface area contributed by atoms with Gasteiger partial charge in [0.25, 0.3) is 0 Å². The van der Waals surface area contributed by atoms with Crippen LogP contribution >= 0.6 is 22.9 Å². The van der Waals surface area contributed by atoms with Crippen LogP contribution in [-0.2, 0) is 0 Å². The summed E-state index contributed by atoms with van der Waals surface area (Å²) < 4.78 is 1.76. The maximum atomic E-state index is 10.5. The summed E-state index contributed by atoms with van der Waals surface area (Å²) in [6.45, 7) is 0. The van der Waals surface area contributed by atoms with Gasteiger partial charge in [0.1, 0.15) is 0 Å². The molecule has 0 aliphatic rings. The van der Waals surface area contributed by atoms with Gasteiger partial charge in [0.05, 0.1) is 0 Å². The normalized spacial score (nSPS) is 10.7. The molecule has 0 amide bonds. The number of hydrogen-bond acceptors (Lipinski definition) is 4. The third-order valence-corrected chi connectivity index (χ3v) is 2.53. The van der Waals surface area contributed by atoms with Crippen molar-refractivity contribution in [3.63, 3.8) is 0 Å². The largest absolute Gasteiger partial charge is 0.345 e. The van der Waals surface area contributed by atoms with Crippen LogP contribution in [-0.4, -0.2) is 8.77 Å². The standard InChI is InChI=1S/C4H2N2OS2/c7-4-5-3-6(9-4)1-2-8-3/h1-2H. The van der Waals surface area contributed by atoms with Gasteiger partial charge in [-0.25, -0.2) is 3.79 Å². The highest BCUT2D eigenvalue weighted by Crippen LogP contribution is 2.07. The summed E-state index contributed by atoms with van der Waals surface area (Å²) in [6.07, 6.45) is 1.83. The van der Waals surface area contributed by atoms with E-state index >= 15 is 0 Å². The molecule has 0 bridgehead atoms. The van der Waals surface area contributed by atoms with Crippen LogP contribution in [0.5, 0.6) is 0 Å². The quantitative estimate of drug-likeness (QED) is 0.568. The van der Waals surface area contributed by atoms with Crippen molar-refractivity contribution in [1.82, 2.24) is 8.77 Å². The predicted molar refractivity (Wildman–Crippen MR) is 37.2 cm³/mol. The molecule has 0 saturated heterocycles. The molecule has 0 atom stereocenters. The van der Waals surface area contributed by atoms with Crippen LogP contribution in [0.25, 0.3) is 4.96 Å². The van der Waals surface area contributed by atoms with Crippen LogP contribution in [0.4, 0.5) is 0 Å². The maximum Gasteiger partial charge on any atom is 0.345 e. The SMILES string of the molecule is O=c1nc2sccn2s1. The molecule has 0 aromatic carbocycles. The van der Waals surface area contributed by atoms with Crippen LogP contribution in [0.3, 0.4) is 0 Å². The molecule has 3 nitrogen and oxygen atoms in total. The Kier molecular flexibility index (Phi) is 0.940. The third-order valence-electron chi connectivity index (χ3n) is 0.922. The number of fused-ring (bicyclic) bond motifs is 1. The van der Waals surface area contributed by atoms with Gasteiger partial charge in [-0.1, -0.05) is 0 Å². The molecule has 2 aromatic heterocycles. The smallest absolute Gasteiger partial charge is 0.253 e. The van der Waals surface area contributed by atoms with Crippen molar-refractivity contribution in [2.24, 2.45) is 0 Å². The molecule has 2 aromatic rings. The lowest BCUT2D eigenvalue weighted by molar-refractivity contribution is 1.32. The first kappa shape index (κ1) is 5.13. The van der Waals surface area contributed by atoms with E-state index in [1.165, 1.54) is 11.3 Å². The maximum absolute atomic E-state index is 10.5. The van der Waals surface area contributed by atoms with E-state index in [1.54, 1.807) is 3.79 Å². The molecule has 2 rings (SSSR count). The van der Waals surface area contributed by atoms with E-state index < -0.39 is 0 Å². The molecule has 5 heteroatoms. The van der Waals surface area contributed by atoms with Gasteiger partial charge in [-0.2, -0.15) is 4.98 Å². The van der Waals surface area contributed by atoms with Gasteiger partial charge in [0, 0.05) is 23.1 Å². The lowest BCUT2D eigenvalue weighted by Gasteiger charge is -1.68. The van der Waals surface area contributed by atoms with Crippen LogP contribution < -0.4 is 4.87 Å². The van der Waals surface area contributed by atoms with Crippen molar-refractivity contribution in [1.29, 1.82) is 0 Å². The van der Waals surface area contributed by atoms with Gasteiger partial charge in [0.2, 0.25) is 4.96 Å². The van der Waals surface area contributed by atoms with Crippen molar-refractivity contribution in [3.05, 3.63) is 21.2 Å². The Balaban J connectivity index is 3.08. The molecule has 0 N–H and O–H groups in total. The minimum absolute atomic E-state index is 0.123. The average molecular weight is 158 g/mol. The monoisotopic (exact) mass is 158 g/mol. The topological polar surface area (TPSA) is 34.4 Å². The van der Waals surface area contributed by atoms with Crippen molar-refractivity contribution < 1.29 is 0 Å². The van der Waals surface area contributed by atoms with Gasteiger partial charge in [-0.3, -0.25) is 4.79 Å². The summed E-state index contributed by atoms with van der Waals surface area (Å²) >= 11 is 2.59. The van der Waals surface area contributed by atoms with Crippen LogP contribution in [0, 0.1) is 0 Å². The molecule has 0 saturated carbocycles. The molecular formula is C4H2N2OS2. The Morgan fingerprint density at radius 2 is 2.56 bits per heavy atom. The van der Waals surface area contributed by atoms with Gasteiger partial charge in [-0.15, -0.1) is 11.3 Å². The van der Waals surface area contributed by atoms with E-state index in [9.17, 15) is 4.79 Å². The summed E-state index contributed by atoms with van der Waals surface area (Å²) in [5.74, 6) is 0. The van der Waals surface area contributed by atoms with Crippen LogP contribution in [0.2, 0.25) is 0 Å². The second-order valence-electron chi connectivity index (χ2n) is 1.48. The molecular weight excluding hydrogens is 156 g/mol. The first-order valence-electron chi connectivity index (χ1n) is 2.29. The van der Waals surface area contributed by atoms with Crippen molar-refractivity contribution >= 4 is 27.8 Å². The highest BCUT2D eigenvalue weighted by Gasteiger charge is 1.96. The number of rotatable bonds is 0. The second-order valence-corrected chi connectivity index (χ2v) is 3.28. The molecule has 9 heavy (non-hydrogen) atoms. The predicted octanol–water partition coefficient (Wildman–Crippen LogP) is 0.818. The van der Waals surface area contributed by atoms with E-state index in [-0.39, 0.29) is 4.87 Å². The Labute approximate surface area is 58.4 Å². The summed E-state index contributed by atoms with van der Waals surface area (Å²) in [5, 5.41) is 1.90.